The fourth-order valence-electron chi connectivity index (χ4n) is 2.27. The largest absolute Gasteiger partial charge is 0.340 e. The molecule has 1 fully saturated rings. The molecule has 0 aliphatic carbocycles. The first-order valence-electron chi connectivity index (χ1n) is 6.45. The van der Waals surface area contributed by atoms with Crippen LogP contribution in [0.15, 0.2) is 23.1 Å². The maximum Gasteiger partial charge on any atom is 0.253 e. The summed E-state index contributed by atoms with van der Waals surface area (Å²) in [6.07, 6.45) is 2.03. The minimum absolute atomic E-state index is 0.0431. The average Bonchev–Trinajstić information content (AvgIpc) is 2.38. The number of amides is 1. The zero-order valence-corrected chi connectivity index (χ0v) is 11.3. The lowest BCUT2D eigenvalue weighted by Gasteiger charge is -2.30. The van der Waals surface area contributed by atoms with Crippen LogP contribution in [-0.2, 0) is 16.1 Å². The highest BCUT2D eigenvalue weighted by Gasteiger charge is 2.26. The fourth-order valence-corrected chi connectivity index (χ4v) is 2.27. The number of hydrogen-bond acceptors (Lipinski definition) is 3. The molecule has 1 aromatic heterocycles. The van der Waals surface area contributed by atoms with Gasteiger partial charge in [-0.1, -0.05) is 13.0 Å². The van der Waals surface area contributed by atoms with Crippen LogP contribution in [0.4, 0.5) is 0 Å². The van der Waals surface area contributed by atoms with Crippen LogP contribution in [0, 0.1) is 12.8 Å². The van der Waals surface area contributed by atoms with Gasteiger partial charge in [0.25, 0.3) is 5.56 Å². The molecular weight excluding hydrogens is 244 g/mol. The van der Waals surface area contributed by atoms with Gasteiger partial charge in [-0.25, -0.2) is 0 Å². The number of aromatic nitrogens is 1. The number of carbonyl (C=O) groups excluding carboxylic acids is 2. The van der Waals surface area contributed by atoms with Gasteiger partial charge < -0.3 is 9.47 Å². The van der Waals surface area contributed by atoms with Gasteiger partial charge in [0.15, 0.2) is 0 Å². The third-order valence-electron chi connectivity index (χ3n) is 3.54. The van der Waals surface area contributed by atoms with Gasteiger partial charge in [-0.2, -0.15) is 0 Å². The number of pyridine rings is 1. The van der Waals surface area contributed by atoms with Crippen molar-refractivity contribution in [2.24, 2.45) is 5.92 Å². The number of carbonyl (C=O) groups is 2. The first kappa shape index (κ1) is 13.5. The third-order valence-corrected chi connectivity index (χ3v) is 3.54. The first-order chi connectivity index (χ1) is 8.99. The quantitative estimate of drug-likeness (QED) is 0.784. The number of Topliss-reactive ketones (excluding diaryl/α,β-unsaturated/α-hetero) is 1. The molecule has 0 unspecified atom stereocenters. The van der Waals surface area contributed by atoms with Crippen molar-refractivity contribution in [3.05, 3.63) is 34.2 Å². The van der Waals surface area contributed by atoms with Gasteiger partial charge in [-0.15, -0.1) is 0 Å². The van der Waals surface area contributed by atoms with E-state index in [0.29, 0.717) is 25.1 Å². The molecule has 0 bridgehead atoms. The van der Waals surface area contributed by atoms with E-state index in [2.05, 4.69) is 0 Å². The van der Waals surface area contributed by atoms with Crippen LogP contribution in [0.25, 0.3) is 0 Å². The SMILES string of the molecule is Cc1cccn(CC(=O)N2CCC(=O)[C@@H](C)C2)c1=O. The van der Waals surface area contributed by atoms with Gasteiger partial charge in [-0.05, 0) is 13.0 Å². The van der Waals surface area contributed by atoms with E-state index in [4.69, 9.17) is 0 Å². The Hall–Kier alpha value is -1.91. The van der Waals surface area contributed by atoms with Gasteiger partial charge in [0.2, 0.25) is 5.91 Å². The van der Waals surface area contributed by atoms with E-state index < -0.39 is 0 Å². The molecule has 5 nitrogen and oxygen atoms in total. The zero-order chi connectivity index (χ0) is 14.0. The molecule has 2 rings (SSSR count). The molecule has 0 radical (unpaired) electrons. The van der Waals surface area contributed by atoms with Crippen LogP contribution < -0.4 is 5.56 Å². The highest BCUT2D eigenvalue weighted by Crippen LogP contribution is 2.12. The summed E-state index contributed by atoms with van der Waals surface area (Å²) in [4.78, 5) is 37.1. The highest BCUT2D eigenvalue weighted by molar-refractivity contribution is 5.85. The molecule has 1 aromatic rings. The number of nitrogens with zero attached hydrogens (tertiary/aromatic N) is 2. The summed E-state index contributed by atoms with van der Waals surface area (Å²) in [7, 11) is 0. The van der Waals surface area contributed by atoms with Crippen molar-refractivity contribution in [2.45, 2.75) is 26.8 Å². The summed E-state index contributed by atoms with van der Waals surface area (Å²) in [6, 6.07) is 3.48. The molecule has 5 heteroatoms. The molecule has 0 saturated carbocycles. The van der Waals surface area contributed by atoms with Gasteiger partial charge in [-0.3, -0.25) is 14.4 Å². The Kier molecular flexibility index (Phi) is 3.83. The lowest BCUT2D eigenvalue weighted by Crippen LogP contribution is -2.45. The minimum atomic E-state index is -0.142. The van der Waals surface area contributed by atoms with Crippen molar-refractivity contribution in [3.63, 3.8) is 0 Å². The first-order valence-corrected chi connectivity index (χ1v) is 6.45. The van der Waals surface area contributed by atoms with E-state index in [1.807, 2.05) is 6.92 Å². The van der Waals surface area contributed by atoms with Crippen molar-refractivity contribution in [1.82, 2.24) is 9.47 Å². The molecule has 1 amide bonds. The van der Waals surface area contributed by atoms with Gasteiger partial charge in [0.1, 0.15) is 12.3 Å². The number of likely N-dealkylation sites (tertiary alicyclic amines) is 1. The minimum Gasteiger partial charge on any atom is -0.340 e. The van der Waals surface area contributed by atoms with Gasteiger partial charge >= 0.3 is 0 Å². The van der Waals surface area contributed by atoms with Crippen LogP contribution >= 0.6 is 0 Å². The predicted molar refractivity (Wildman–Crippen MR) is 70.8 cm³/mol. The van der Waals surface area contributed by atoms with Gasteiger partial charge in [0, 0.05) is 37.2 Å². The van der Waals surface area contributed by atoms with E-state index in [0.717, 1.165) is 0 Å². The van der Waals surface area contributed by atoms with Crippen molar-refractivity contribution in [1.29, 1.82) is 0 Å². The number of aryl methyl sites for hydroxylation is 1. The van der Waals surface area contributed by atoms with E-state index in [1.54, 1.807) is 30.2 Å². The second-order valence-electron chi connectivity index (χ2n) is 5.08. The Labute approximate surface area is 111 Å². The predicted octanol–water partition coefficient (Wildman–Crippen LogP) is 0.594. The Balaban J connectivity index is 2.07. The summed E-state index contributed by atoms with van der Waals surface area (Å²) in [5, 5.41) is 0. The van der Waals surface area contributed by atoms with Crippen molar-refractivity contribution >= 4 is 11.7 Å². The lowest BCUT2D eigenvalue weighted by molar-refractivity contribution is -0.137. The van der Waals surface area contributed by atoms with Crippen LogP contribution in [-0.4, -0.2) is 34.2 Å². The highest BCUT2D eigenvalue weighted by atomic mass is 16.2. The monoisotopic (exact) mass is 262 g/mol. The summed E-state index contributed by atoms with van der Waals surface area (Å²) in [5.74, 6) is -0.00393. The second-order valence-corrected chi connectivity index (χ2v) is 5.08. The van der Waals surface area contributed by atoms with Crippen molar-refractivity contribution < 1.29 is 9.59 Å². The number of piperidine rings is 1. The van der Waals surface area contributed by atoms with Crippen LogP contribution in [0.2, 0.25) is 0 Å². The van der Waals surface area contributed by atoms with E-state index in [9.17, 15) is 14.4 Å². The normalized spacial score (nSPS) is 19.6. The lowest BCUT2D eigenvalue weighted by atomic mass is 9.98. The van der Waals surface area contributed by atoms with E-state index >= 15 is 0 Å². The maximum absolute atomic E-state index is 12.1. The molecule has 102 valence electrons. The Morgan fingerprint density at radius 1 is 1.42 bits per heavy atom. The molecule has 1 atom stereocenters. The number of hydrogen-bond donors (Lipinski definition) is 0. The Morgan fingerprint density at radius 3 is 2.84 bits per heavy atom. The Morgan fingerprint density at radius 2 is 2.16 bits per heavy atom. The van der Waals surface area contributed by atoms with Crippen molar-refractivity contribution in [3.8, 4) is 0 Å². The average molecular weight is 262 g/mol. The maximum atomic E-state index is 12.1. The van der Waals surface area contributed by atoms with Crippen LogP contribution in [0.5, 0.6) is 0 Å². The molecule has 19 heavy (non-hydrogen) atoms. The fraction of sp³-hybridized carbons (Fsp3) is 0.500. The second kappa shape index (κ2) is 5.38. The topological polar surface area (TPSA) is 59.4 Å². The number of ketones is 1. The smallest absolute Gasteiger partial charge is 0.253 e. The molecule has 1 aliphatic heterocycles. The summed E-state index contributed by atoms with van der Waals surface area (Å²) >= 11 is 0. The van der Waals surface area contributed by atoms with Crippen molar-refractivity contribution in [2.75, 3.05) is 13.1 Å². The molecule has 2 heterocycles. The summed E-state index contributed by atoms with van der Waals surface area (Å²) < 4.78 is 1.42. The molecule has 1 aliphatic rings. The molecular formula is C14H18N2O3. The summed E-state index contributed by atoms with van der Waals surface area (Å²) in [6.45, 7) is 4.52. The summed E-state index contributed by atoms with van der Waals surface area (Å²) in [5.41, 5.74) is 0.481. The Bertz CT molecular complexity index is 562. The molecule has 0 N–H and O–H groups in total. The number of rotatable bonds is 2. The van der Waals surface area contributed by atoms with Crippen LogP contribution in [0.3, 0.4) is 0 Å². The molecule has 1 saturated heterocycles. The van der Waals surface area contributed by atoms with Crippen LogP contribution in [0.1, 0.15) is 18.9 Å². The van der Waals surface area contributed by atoms with E-state index in [-0.39, 0.29) is 29.7 Å². The van der Waals surface area contributed by atoms with Gasteiger partial charge in [0.05, 0.1) is 0 Å². The molecule has 0 aromatic carbocycles. The third kappa shape index (κ3) is 2.92. The zero-order valence-electron chi connectivity index (χ0n) is 11.3. The standard InChI is InChI=1S/C14H18N2O3/c1-10-4-3-6-16(14(10)19)9-13(18)15-7-5-12(17)11(2)8-15/h3-4,6,11H,5,7-9H2,1-2H3/t11-/m0/s1. The van der Waals surface area contributed by atoms with E-state index in [1.165, 1.54) is 4.57 Å². The molecule has 0 spiro atoms.